The molecule has 0 bridgehead atoms. The summed E-state index contributed by atoms with van der Waals surface area (Å²) in [5.41, 5.74) is 5.63. The minimum Gasteiger partial charge on any atom is -0.495 e. The van der Waals surface area contributed by atoms with Crippen molar-refractivity contribution in [3.8, 4) is 17.2 Å². The largest absolute Gasteiger partial charge is 0.495 e. The molecule has 1 aliphatic heterocycles. The van der Waals surface area contributed by atoms with E-state index >= 15 is 0 Å². The van der Waals surface area contributed by atoms with E-state index in [1.807, 2.05) is 30.0 Å². The molecule has 0 aliphatic carbocycles. The lowest BCUT2D eigenvalue weighted by atomic mass is 10.2. The summed E-state index contributed by atoms with van der Waals surface area (Å²) >= 11 is 12.5. The van der Waals surface area contributed by atoms with Gasteiger partial charge in [-0.15, -0.1) is 5.54 Å². The van der Waals surface area contributed by atoms with Crippen molar-refractivity contribution in [2.45, 2.75) is 33.1 Å². The van der Waals surface area contributed by atoms with E-state index in [1.165, 1.54) is 0 Å². The molecule has 0 saturated carbocycles. The summed E-state index contributed by atoms with van der Waals surface area (Å²) in [5.74, 6) is 3.78. The second-order valence-corrected chi connectivity index (χ2v) is 14.1. The SMILES string of the molecule is COc1cc(N2CCN(C(=O)Cn3nc(C#C[Si](C)(C)C)c(Cl)c3C)CC2)ccc1Cl. The molecule has 2 heterocycles. The van der Waals surface area contributed by atoms with Crippen molar-refractivity contribution in [1.82, 2.24) is 14.7 Å². The number of halogens is 2. The first-order valence-electron chi connectivity index (χ1n) is 10.2. The standard InChI is InChI=1S/C22H28Cl2N4O2Si/c1-16-22(24)19(8-13-31(3,4)5)25-28(16)15-21(29)27-11-9-26(10-12-27)17-6-7-18(23)20(14-17)30-2/h6-7,14H,9-12,15H2,1-5H3. The fourth-order valence-corrected chi connectivity index (χ4v) is 4.16. The molecule has 3 rings (SSSR count). The second kappa shape index (κ2) is 9.56. The maximum absolute atomic E-state index is 12.9. The number of ether oxygens (including phenoxy) is 1. The third kappa shape index (κ3) is 5.76. The fourth-order valence-electron chi connectivity index (χ4n) is 3.29. The third-order valence-corrected chi connectivity index (χ3v) is 6.75. The highest BCUT2D eigenvalue weighted by molar-refractivity contribution is 6.83. The summed E-state index contributed by atoms with van der Waals surface area (Å²) in [6, 6.07) is 5.73. The Morgan fingerprint density at radius 3 is 2.48 bits per heavy atom. The summed E-state index contributed by atoms with van der Waals surface area (Å²) in [6.45, 7) is 11.3. The average Bonchev–Trinajstić information content (AvgIpc) is 3.00. The first-order valence-corrected chi connectivity index (χ1v) is 14.5. The van der Waals surface area contributed by atoms with Crippen LogP contribution >= 0.6 is 23.2 Å². The molecule has 1 aliphatic rings. The topological polar surface area (TPSA) is 50.6 Å². The Kier molecular flexibility index (Phi) is 7.25. The van der Waals surface area contributed by atoms with Gasteiger partial charge in [-0.2, -0.15) is 5.10 Å². The Labute approximate surface area is 195 Å². The summed E-state index contributed by atoms with van der Waals surface area (Å²) in [7, 11) is 0.0665. The molecule has 1 saturated heterocycles. The molecule has 9 heteroatoms. The van der Waals surface area contributed by atoms with Crippen LogP contribution in [0.2, 0.25) is 29.7 Å². The maximum Gasteiger partial charge on any atom is 0.244 e. The lowest BCUT2D eigenvalue weighted by Gasteiger charge is -2.36. The molecule has 6 nitrogen and oxygen atoms in total. The summed E-state index contributed by atoms with van der Waals surface area (Å²) in [6.07, 6.45) is 0. The fraction of sp³-hybridized carbons (Fsp3) is 0.455. The minimum atomic E-state index is -1.54. The monoisotopic (exact) mass is 478 g/mol. The number of anilines is 1. The van der Waals surface area contributed by atoms with Crippen LogP contribution in [0.3, 0.4) is 0 Å². The Balaban J connectivity index is 1.63. The van der Waals surface area contributed by atoms with Gasteiger partial charge < -0.3 is 14.5 Å². The van der Waals surface area contributed by atoms with Gasteiger partial charge in [0, 0.05) is 37.9 Å². The normalized spacial score (nSPS) is 14.3. The zero-order valence-corrected chi connectivity index (χ0v) is 21.1. The molecule has 1 amide bonds. The Hall–Kier alpha value is -2.14. The zero-order valence-electron chi connectivity index (χ0n) is 18.6. The van der Waals surface area contributed by atoms with Gasteiger partial charge in [0.1, 0.15) is 20.4 Å². The number of amides is 1. The molecule has 166 valence electrons. The van der Waals surface area contributed by atoms with Gasteiger partial charge in [-0.1, -0.05) is 48.8 Å². The van der Waals surface area contributed by atoms with Crippen LogP contribution < -0.4 is 9.64 Å². The van der Waals surface area contributed by atoms with Gasteiger partial charge >= 0.3 is 0 Å². The number of nitrogens with zero attached hydrogens (tertiary/aromatic N) is 4. The molecule has 0 unspecified atom stereocenters. The van der Waals surface area contributed by atoms with E-state index in [2.05, 4.69) is 41.1 Å². The van der Waals surface area contributed by atoms with Gasteiger partial charge in [0.2, 0.25) is 5.91 Å². The van der Waals surface area contributed by atoms with Crippen LogP contribution in [-0.2, 0) is 11.3 Å². The van der Waals surface area contributed by atoms with Gasteiger partial charge in [-0.05, 0) is 19.1 Å². The number of hydrogen-bond donors (Lipinski definition) is 0. The lowest BCUT2D eigenvalue weighted by Crippen LogP contribution is -2.49. The van der Waals surface area contributed by atoms with Crippen LogP contribution in [0.1, 0.15) is 11.4 Å². The van der Waals surface area contributed by atoms with Crippen molar-refractivity contribution in [2.75, 3.05) is 38.2 Å². The van der Waals surface area contributed by atoms with Crippen molar-refractivity contribution in [3.05, 3.63) is 39.6 Å². The number of benzene rings is 1. The number of carbonyl (C=O) groups excluding carboxylic acids is 1. The van der Waals surface area contributed by atoms with E-state index in [1.54, 1.807) is 11.8 Å². The van der Waals surface area contributed by atoms with Crippen LogP contribution in [0, 0.1) is 18.4 Å². The molecule has 1 aromatic carbocycles. The number of piperazine rings is 1. The van der Waals surface area contributed by atoms with E-state index in [9.17, 15) is 4.79 Å². The first-order chi connectivity index (χ1) is 14.6. The van der Waals surface area contributed by atoms with E-state index in [0.717, 1.165) is 24.5 Å². The van der Waals surface area contributed by atoms with Crippen molar-refractivity contribution in [2.24, 2.45) is 0 Å². The molecule has 2 aromatic rings. The van der Waals surface area contributed by atoms with Gasteiger partial charge in [0.15, 0.2) is 5.69 Å². The smallest absolute Gasteiger partial charge is 0.244 e. The van der Waals surface area contributed by atoms with E-state index in [4.69, 9.17) is 27.9 Å². The van der Waals surface area contributed by atoms with E-state index in [0.29, 0.717) is 34.6 Å². The molecular weight excluding hydrogens is 451 g/mol. The average molecular weight is 479 g/mol. The number of aromatic nitrogens is 2. The van der Waals surface area contributed by atoms with E-state index < -0.39 is 8.07 Å². The van der Waals surface area contributed by atoms with Crippen LogP contribution in [-0.4, -0.2) is 62.0 Å². The molecule has 0 spiro atoms. The van der Waals surface area contributed by atoms with Crippen LogP contribution in [0.15, 0.2) is 18.2 Å². The summed E-state index contributed by atoms with van der Waals surface area (Å²) in [5, 5.41) is 5.60. The number of rotatable bonds is 4. The first kappa shape index (κ1) is 23.5. The number of hydrogen-bond acceptors (Lipinski definition) is 4. The molecular formula is C22H28Cl2N4O2Si. The molecule has 0 radical (unpaired) electrons. The zero-order chi connectivity index (χ0) is 22.8. The molecule has 1 aromatic heterocycles. The van der Waals surface area contributed by atoms with Gasteiger partial charge in [0.05, 0.1) is 22.8 Å². The highest BCUT2D eigenvalue weighted by atomic mass is 35.5. The second-order valence-electron chi connectivity index (χ2n) is 8.59. The third-order valence-electron chi connectivity index (χ3n) is 5.11. The molecule has 0 atom stereocenters. The van der Waals surface area contributed by atoms with Crippen molar-refractivity contribution >= 4 is 42.9 Å². The van der Waals surface area contributed by atoms with Gasteiger partial charge in [-0.25, -0.2) is 0 Å². The summed E-state index contributed by atoms with van der Waals surface area (Å²) in [4.78, 5) is 17.0. The Bertz CT molecular complexity index is 1030. The van der Waals surface area contributed by atoms with Gasteiger partial charge in [-0.3, -0.25) is 9.48 Å². The maximum atomic E-state index is 12.9. The summed E-state index contributed by atoms with van der Waals surface area (Å²) < 4.78 is 6.97. The quantitative estimate of drug-likeness (QED) is 0.490. The van der Waals surface area contributed by atoms with Crippen molar-refractivity contribution in [3.63, 3.8) is 0 Å². The predicted octanol–water partition coefficient (Wildman–Crippen LogP) is 4.08. The lowest BCUT2D eigenvalue weighted by molar-refractivity contribution is -0.132. The Morgan fingerprint density at radius 2 is 1.87 bits per heavy atom. The highest BCUT2D eigenvalue weighted by Crippen LogP contribution is 2.30. The van der Waals surface area contributed by atoms with Crippen LogP contribution in [0.5, 0.6) is 5.75 Å². The predicted molar refractivity (Wildman–Crippen MR) is 129 cm³/mol. The Morgan fingerprint density at radius 1 is 1.19 bits per heavy atom. The van der Waals surface area contributed by atoms with Crippen LogP contribution in [0.25, 0.3) is 0 Å². The van der Waals surface area contributed by atoms with Crippen LogP contribution in [0.4, 0.5) is 5.69 Å². The molecule has 31 heavy (non-hydrogen) atoms. The molecule has 0 N–H and O–H groups in total. The van der Waals surface area contributed by atoms with Crippen molar-refractivity contribution < 1.29 is 9.53 Å². The number of methoxy groups -OCH3 is 1. The van der Waals surface area contributed by atoms with Gasteiger partial charge in [0.25, 0.3) is 0 Å². The molecule has 1 fully saturated rings. The number of carbonyl (C=O) groups is 1. The van der Waals surface area contributed by atoms with Crippen molar-refractivity contribution in [1.29, 1.82) is 0 Å². The highest BCUT2D eigenvalue weighted by Gasteiger charge is 2.23. The van der Waals surface area contributed by atoms with E-state index in [-0.39, 0.29) is 12.5 Å². The minimum absolute atomic E-state index is 0.0281.